The topological polar surface area (TPSA) is 32.9 Å². The molecule has 3 rings (SSSR count). The number of carbonyl (C=O) groups is 1. The lowest BCUT2D eigenvalue weighted by Crippen LogP contribution is -1.90. The minimum absolute atomic E-state index is 0.192. The first-order valence-electron chi connectivity index (χ1n) is 6.27. The molecule has 0 saturated carbocycles. The Balaban J connectivity index is 1.80. The lowest BCUT2D eigenvalue weighted by Gasteiger charge is -1.96. The Morgan fingerprint density at radius 1 is 1.10 bits per heavy atom. The first kappa shape index (κ1) is 13.3. The van der Waals surface area contributed by atoms with Crippen LogP contribution in [0.25, 0.3) is 11.3 Å². The van der Waals surface area contributed by atoms with E-state index in [0.29, 0.717) is 10.6 Å². The summed E-state index contributed by atoms with van der Waals surface area (Å²) in [5.74, 6) is 4.95. The van der Waals surface area contributed by atoms with Crippen LogP contribution in [0, 0.1) is 17.7 Å². The van der Waals surface area contributed by atoms with Gasteiger partial charge in [0.1, 0.15) is 5.82 Å². The quantitative estimate of drug-likeness (QED) is 0.560. The molecule has 1 aromatic carbocycles. The summed E-state index contributed by atoms with van der Waals surface area (Å²) in [6.07, 6.45) is 0. The van der Waals surface area contributed by atoms with Crippen molar-refractivity contribution in [1.29, 1.82) is 0 Å². The fourth-order valence-electron chi connectivity index (χ4n) is 1.86. The molecular weight excluding hydrogens is 285 g/mol. The second-order valence-electron chi connectivity index (χ2n) is 4.35. The maximum Gasteiger partial charge on any atom is 0.246 e. The normalized spacial score (nSPS) is 9.95. The van der Waals surface area contributed by atoms with Crippen LogP contribution in [0.1, 0.15) is 15.4 Å². The molecule has 0 fully saturated rings. The third kappa shape index (κ3) is 3.10. The molecule has 2 heterocycles. The number of aromatic amines is 1. The van der Waals surface area contributed by atoms with Gasteiger partial charge in [0.25, 0.3) is 0 Å². The van der Waals surface area contributed by atoms with Crippen molar-refractivity contribution in [1.82, 2.24) is 4.98 Å². The van der Waals surface area contributed by atoms with Gasteiger partial charge in [-0.15, -0.1) is 11.3 Å². The monoisotopic (exact) mass is 295 g/mol. The van der Waals surface area contributed by atoms with E-state index in [1.165, 1.54) is 23.5 Å². The Bertz CT molecular complexity index is 820. The highest BCUT2D eigenvalue weighted by molar-refractivity contribution is 7.12. The van der Waals surface area contributed by atoms with Gasteiger partial charge in [-0.25, -0.2) is 4.39 Å². The molecule has 21 heavy (non-hydrogen) atoms. The highest BCUT2D eigenvalue weighted by atomic mass is 32.1. The SMILES string of the molecule is O=C(C#Cc1ccc(-c2ccc(F)cc2)[nH]1)c1cccs1. The summed E-state index contributed by atoms with van der Waals surface area (Å²) in [4.78, 5) is 15.5. The van der Waals surface area contributed by atoms with Crippen molar-refractivity contribution in [2.75, 3.05) is 0 Å². The second kappa shape index (κ2) is 5.78. The Kier molecular flexibility index (Phi) is 3.67. The van der Waals surface area contributed by atoms with Gasteiger partial charge in [0.05, 0.1) is 10.6 Å². The van der Waals surface area contributed by atoms with Crippen LogP contribution in [0.4, 0.5) is 4.39 Å². The molecule has 0 atom stereocenters. The van der Waals surface area contributed by atoms with Crippen LogP contribution in [0.3, 0.4) is 0 Å². The summed E-state index contributed by atoms with van der Waals surface area (Å²) >= 11 is 1.37. The fraction of sp³-hybridized carbons (Fsp3) is 0. The summed E-state index contributed by atoms with van der Waals surface area (Å²) in [7, 11) is 0. The van der Waals surface area contributed by atoms with Crippen molar-refractivity contribution in [3.8, 4) is 23.1 Å². The third-order valence-electron chi connectivity index (χ3n) is 2.90. The summed E-state index contributed by atoms with van der Waals surface area (Å²) in [6, 6.07) is 13.4. The average molecular weight is 295 g/mol. The first-order chi connectivity index (χ1) is 10.2. The summed E-state index contributed by atoms with van der Waals surface area (Å²) in [5, 5.41) is 1.84. The van der Waals surface area contributed by atoms with Gasteiger partial charge in [-0.3, -0.25) is 4.79 Å². The number of thiophene rings is 1. The van der Waals surface area contributed by atoms with Crippen molar-refractivity contribution in [3.63, 3.8) is 0 Å². The van der Waals surface area contributed by atoms with E-state index in [1.807, 2.05) is 17.5 Å². The van der Waals surface area contributed by atoms with E-state index in [-0.39, 0.29) is 11.6 Å². The smallest absolute Gasteiger partial charge is 0.246 e. The molecule has 4 heteroatoms. The molecule has 1 N–H and O–H groups in total. The van der Waals surface area contributed by atoms with E-state index >= 15 is 0 Å². The number of ketones is 1. The molecule has 0 bridgehead atoms. The standard InChI is InChI=1S/C17H10FNOS/c18-13-5-3-12(4-6-13)15-9-7-14(19-15)8-10-16(20)17-2-1-11-21-17/h1-7,9,11,19H. The van der Waals surface area contributed by atoms with Crippen LogP contribution in [-0.4, -0.2) is 10.8 Å². The number of hydrogen-bond acceptors (Lipinski definition) is 2. The summed E-state index contributed by atoms with van der Waals surface area (Å²) < 4.78 is 12.9. The van der Waals surface area contributed by atoms with Gasteiger partial charge in [0.2, 0.25) is 5.78 Å². The Labute approximate surface area is 125 Å². The summed E-state index contributed by atoms with van der Waals surface area (Å²) in [5.41, 5.74) is 2.36. The van der Waals surface area contributed by atoms with Crippen LogP contribution in [0.15, 0.2) is 53.9 Å². The second-order valence-corrected chi connectivity index (χ2v) is 5.30. The minimum atomic E-state index is -0.271. The zero-order valence-corrected chi connectivity index (χ0v) is 11.7. The number of aromatic nitrogens is 1. The number of carbonyl (C=O) groups excluding carboxylic acids is 1. The molecule has 102 valence electrons. The van der Waals surface area contributed by atoms with Crippen molar-refractivity contribution < 1.29 is 9.18 Å². The highest BCUT2D eigenvalue weighted by Crippen LogP contribution is 2.18. The predicted octanol–water partition coefficient (Wildman–Crippen LogP) is 4.12. The lowest BCUT2D eigenvalue weighted by atomic mass is 10.1. The number of halogens is 1. The van der Waals surface area contributed by atoms with Crippen molar-refractivity contribution >= 4 is 17.1 Å². The Morgan fingerprint density at radius 2 is 1.90 bits per heavy atom. The predicted molar refractivity (Wildman–Crippen MR) is 81.7 cm³/mol. The first-order valence-corrected chi connectivity index (χ1v) is 7.15. The molecule has 2 nitrogen and oxygen atoms in total. The Morgan fingerprint density at radius 3 is 2.62 bits per heavy atom. The fourth-order valence-corrected chi connectivity index (χ4v) is 2.48. The average Bonchev–Trinajstić information content (AvgIpc) is 3.17. The zero-order valence-electron chi connectivity index (χ0n) is 10.9. The molecule has 0 aliphatic carbocycles. The van der Waals surface area contributed by atoms with Crippen LogP contribution in [0.2, 0.25) is 0 Å². The van der Waals surface area contributed by atoms with Gasteiger partial charge in [-0.2, -0.15) is 0 Å². The Hall–Kier alpha value is -2.64. The molecule has 0 aliphatic heterocycles. The number of rotatable bonds is 2. The highest BCUT2D eigenvalue weighted by Gasteiger charge is 2.03. The van der Waals surface area contributed by atoms with Crippen LogP contribution in [0.5, 0.6) is 0 Å². The van der Waals surface area contributed by atoms with E-state index < -0.39 is 0 Å². The van der Waals surface area contributed by atoms with E-state index in [4.69, 9.17) is 0 Å². The lowest BCUT2D eigenvalue weighted by molar-refractivity contribution is 0.106. The van der Waals surface area contributed by atoms with Gasteiger partial charge < -0.3 is 4.98 Å². The molecule has 0 radical (unpaired) electrons. The van der Waals surface area contributed by atoms with Crippen molar-refractivity contribution in [2.45, 2.75) is 0 Å². The molecule has 0 saturated heterocycles. The number of benzene rings is 1. The van der Waals surface area contributed by atoms with E-state index in [1.54, 1.807) is 24.3 Å². The van der Waals surface area contributed by atoms with Crippen molar-refractivity contribution in [2.24, 2.45) is 0 Å². The van der Waals surface area contributed by atoms with E-state index in [9.17, 15) is 9.18 Å². The molecule has 3 aromatic rings. The minimum Gasteiger partial charge on any atom is -0.348 e. The largest absolute Gasteiger partial charge is 0.348 e. The van der Waals surface area contributed by atoms with Gasteiger partial charge >= 0.3 is 0 Å². The summed E-state index contributed by atoms with van der Waals surface area (Å²) in [6.45, 7) is 0. The number of nitrogens with one attached hydrogen (secondary N) is 1. The van der Waals surface area contributed by atoms with Gasteiger partial charge in [-0.05, 0) is 65.2 Å². The molecule has 0 aliphatic rings. The molecule has 0 spiro atoms. The number of H-pyrrole nitrogens is 1. The van der Waals surface area contributed by atoms with Crippen molar-refractivity contribution in [3.05, 3.63) is 70.3 Å². The molecular formula is C17H10FNOS. The van der Waals surface area contributed by atoms with Crippen LogP contribution < -0.4 is 0 Å². The van der Waals surface area contributed by atoms with Gasteiger partial charge in [0.15, 0.2) is 0 Å². The van der Waals surface area contributed by atoms with Gasteiger partial charge in [-0.1, -0.05) is 6.07 Å². The zero-order chi connectivity index (χ0) is 14.7. The maximum atomic E-state index is 12.9. The third-order valence-corrected chi connectivity index (χ3v) is 3.77. The number of Topliss-reactive ketones (excluding diaryl/α,β-unsaturated/α-hetero) is 1. The van der Waals surface area contributed by atoms with Crippen LogP contribution >= 0.6 is 11.3 Å². The maximum absolute atomic E-state index is 12.9. The molecule has 0 unspecified atom stereocenters. The van der Waals surface area contributed by atoms with Gasteiger partial charge in [0, 0.05) is 5.69 Å². The van der Waals surface area contributed by atoms with Crippen LogP contribution in [-0.2, 0) is 0 Å². The number of hydrogen-bond donors (Lipinski definition) is 1. The van der Waals surface area contributed by atoms with E-state index in [0.717, 1.165) is 11.3 Å². The molecule has 0 amide bonds. The molecule has 2 aromatic heterocycles. The van der Waals surface area contributed by atoms with E-state index in [2.05, 4.69) is 16.8 Å².